The van der Waals surface area contributed by atoms with E-state index in [0.717, 1.165) is 119 Å². The molecular formula is C63H34N4OS2. The zero-order chi connectivity index (χ0) is 46.4. The average molecular weight is 927 g/mol. The third-order valence-electron chi connectivity index (χ3n) is 14.4. The number of hydrogen-bond acceptors (Lipinski definition) is 4. The predicted octanol–water partition coefficient (Wildman–Crippen LogP) is 18.6. The minimum atomic E-state index is 0.395. The molecule has 0 spiro atoms. The van der Waals surface area contributed by atoms with Crippen molar-refractivity contribution in [2.75, 3.05) is 0 Å². The fraction of sp³-hybridized carbons (Fsp3) is 0.0159. The Kier molecular flexibility index (Phi) is 8.10. The maximum atomic E-state index is 12.3. The highest BCUT2D eigenvalue weighted by molar-refractivity contribution is 7.27. The van der Waals surface area contributed by atoms with Crippen LogP contribution in [-0.2, 0) is 0 Å². The predicted molar refractivity (Wildman–Crippen MR) is 295 cm³/mol. The molecule has 0 aliphatic carbocycles. The molecule has 0 atom stereocenters. The first-order valence-corrected chi connectivity index (χ1v) is 24.9. The standard InChI is InChI=1S/C63H34N4OS2/c1-35-25-26-38-42-27-30-45-39-19-9-12-22-50(39)68-61(45)57(42)66(49(38)33-35)60-53(36-15-5-3-6-16-36)48(34-64)56(55(65-2)54(60)37-17-7-4-8-18-37)67-58-43(28-31-46-40-20-10-13-23-51(40)69-62(46)58)44-29-32-47-41-21-11-14-24-52(41)70-63(47)59(44)67/h3-33H,1H3. The van der Waals surface area contributed by atoms with Crippen molar-refractivity contribution in [3.05, 3.63) is 211 Å². The van der Waals surface area contributed by atoms with Gasteiger partial charge in [-0.15, -0.1) is 22.7 Å². The smallest absolute Gasteiger partial charge is 0.221 e. The number of nitriles is 1. The van der Waals surface area contributed by atoms with Gasteiger partial charge in [0, 0.05) is 74.4 Å². The van der Waals surface area contributed by atoms with Gasteiger partial charge in [0.2, 0.25) is 5.69 Å². The second-order valence-corrected chi connectivity index (χ2v) is 20.2. The number of aryl methyl sites for hydroxylation is 1. The lowest BCUT2D eigenvalue weighted by Crippen LogP contribution is -2.08. The number of thiophene rings is 2. The van der Waals surface area contributed by atoms with Crippen molar-refractivity contribution in [1.29, 1.82) is 5.26 Å². The highest BCUT2D eigenvalue weighted by Crippen LogP contribution is 2.55. The van der Waals surface area contributed by atoms with Crippen molar-refractivity contribution in [2.24, 2.45) is 0 Å². The largest absolute Gasteiger partial charge is 0.454 e. The van der Waals surface area contributed by atoms with E-state index in [1.807, 2.05) is 48.5 Å². The van der Waals surface area contributed by atoms with Crippen molar-refractivity contribution in [2.45, 2.75) is 6.92 Å². The van der Waals surface area contributed by atoms with Crippen LogP contribution in [0.5, 0.6) is 0 Å². The molecule has 0 bridgehead atoms. The number of nitrogens with zero attached hydrogens (tertiary/aromatic N) is 4. The van der Waals surface area contributed by atoms with E-state index in [1.54, 1.807) is 22.7 Å². The summed E-state index contributed by atoms with van der Waals surface area (Å²) in [4.78, 5) is 4.70. The van der Waals surface area contributed by atoms with Crippen molar-refractivity contribution < 1.29 is 4.42 Å². The maximum absolute atomic E-state index is 12.3. The molecule has 0 radical (unpaired) electrons. The number of para-hydroxylation sites is 1. The van der Waals surface area contributed by atoms with Gasteiger partial charge in [0.1, 0.15) is 11.7 Å². The number of aromatic nitrogens is 2. The Balaban J connectivity index is 1.24. The Morgan fingerprint density at radius 1 is 0.486 bits per heavy atom. The van der Waals surface area contributed by atoms with Gasteiger partial charge in [-0.1, -0.05) is 158 Å². The van der Waals surface area contributed by atoms with Gasteiger partial charge in [0.05, 0.1) is 55.0 Å². The summed E-state index contributed by atoms with van der Waals surface area (Å²) >= 11 is 3.54. The molecule has 0 fully saturated rings. The van der Waals surface area contributed by atoms with Crippen LogP contribution in [0.4, 0.5) is 5.69 Å². The van der Waals surface area contributed by atoms with Gasteiger partial charge in [0.15, 0.2) is 5.58 Å². The molecule has 10 aromatic carbocycles. The Labute approximate surface area is 407 Å². The second-order valence-electron chi connectivity index (χ2n) is 18.1. The molecule has 0 saturated carbocycles. The normalized spacial score (nSPS) is 12.0. The third kappa shape index (κ3) is 5.17. The van der Waals surface area contributed by atoms with Crippen molar-refractivity contribution in [1.82, 2.24) is 9.13 Å². The number of fused-ring (bicyclic) bond motifs is 18. The van der Waals surface area contributed by atoms with Gasteiger partial charge in [-0.05, 0) is 53.9 Å². The van der Waals surface area contributed by atoms with E-state index in [9.17, 15) is 11.8 Å². The van der Waals surface area contributed by atoms with E-state index in [2.05, 4.69) is 162 Å². The van der Waals surface area contributed by atoms with Crippen LogP contribution in [0.2, 0.25) is 0 Å². The summed E-state index contributed by atoms with van der Waals surface area (Å²) in [6.45, 7) is 11.7. The molecule has 0 amide bonds. The number of furan rings is 1. The zero-order valence-electron chi connectivity index (χ0n) is 37.4. The molecule has 0 N–H and O–H groups in total. The zero-order valence-corrected chi connectivity index (χ0v) is 39.0. The summed E-state index contributed by atoms with van der Waals surface area (Å²) in [7, 11) is 0. The fourth-order valence-corrected chi connectivity index (χ4v) is 14.0. The first-order valence-electron chi connectivity index (χ1n) is 23.3. The molecule has 70 heavy (non-hydrogen) atoms. The van der Waals surface area contributed by atoms with Gasteiger partial charge in [0.25, 0.3) is 0 Å². The SMILES string of the molecule is [C-]#[N+]c1c(-c2ccccc2)c(-n2c3cc(C)ccc3c3ccc4c5ccccc5oc4c32)c(-c2ccccc2)c(C#N)c1-n1c2c(ccc3c4ccccc4sc32)c2ccc3c4ccccc4sc3c21. The van der Waals surface area contributed by atoms with Crippen LogP contribution in [0.15, 0.2) is 192 Å². The summed E-state index contributed by atoms with van der Waals surface area (Å²) in [5, 5.41) is 23.2. The fourth-order valence-electron chi connectivity index (χ4n) is 11.5. The maximum Gasteiger partial charge on any atom is 0.221 e. The minimum Gasteiger partial charge on any atom is -0.454 e. The van der Waals surface area contributed by atoms with E-state index in [0.29, 0.717) is 16.9 Å². The quantitative estimate of drug-likeness (QED) is 0.165. The van der Waals surface area contributed by atoms with Gasteiger partial charge in [-0.25, -0.2) is 4.85 Å². The van der Waals surface area contributed by atoms with Gasteiger partial charge < -0.3 is 13.6 Å². The van der Waals surface area contributed by atoms with Crippen molar-refractivity contribution >= 4 is 134 Å². The molecule has 0 aliphatic heterocycles. The topological polar surface area (TPSA) is 51.1 Å². The summed E-state index contributed by atoms with van der Waals surface area (Å²) in [6.07, 6.45) is 0. The van der Waals surface area contributed by atoms with E-state index in [-0.39, 0.29) is 0 Å². The van der Waals surface area contributed by atoms with Gasteiger partial charge in [-0.2, -0.15) is 5.26 Å². The Morgan fingerprint density at radius 2 is 1.00 bits per heavy atom. The van der Waals surface area contributed by atoms with E-state index in [1.165, 1.54) is 20.2 Å². The molecule has 7 heteroatoms. The van der Waals surface area contributed by atoms with Crippen LogP contribution in [0.25, 0.3) is 144 Å². The minimum absolute atomic E-state index is 0.395. The number of benzene rings is 10. The highest BCUT2D eigenvalue weighted by Gasteiger charge is 2.33. The highest BCUT2D eigenvalue weighted by atomic mass is 32.1. The molecule has 5 aromatic heterocycles. The van der Waals surface area contributed by atoms with Crippen LogP contribution in [0, 0.1) is 24.8 Å². The molecule has 5 heterocycles. The number of rotatable bonds is 4. The summed E-state index contributed by atoms with van der Waals surface area (Å²) in [5.41, 5.74) is 11.8. The summed E-state index contributed by atoms with van der Waals surface area (Å²) in [5.74, 6) is 0. The first kappa shape index (κ1) is 39.1. The molecule has 0 saturated heterocycles. The molecule has 0 unspecified atom stereocenters. The Morgan fingerprint density at radius 3 is 1.61 bits per heavy atom. The molecule has 15 rings (SSSR count). The molecule has 0 aliphatic rings. The van der Waals surface area contributed by atoms with Crippen molar-refractivity contribution in [3.63, 3.8) is 0 Å². The van der Waals surface area contributed by atoms with Crippen LogP contribution < -0.4 is 0 Å². The molecule has 5 nitrogen and oxygen atoms in total. The summed E-state index contributed by atoms with van der Waals surface area (Å²) < 4.78 is 16.2. The molecular weight excluding hydrogens is 893 g/mol. The van der Waals surface area contributed by atoms with E-state index in [4.69, 9.17) is 9.26 Å². The third-order valence-corrected chi connectivity index (χ3v) is 16.8. The van der Waals surface area contributed by atoms with E-state index >= 15 is 0 Å². The number of hydrogen-bond donors (Lipinski definition) is 0. The first-order chi connectivity index (χ1) is 34.6. The van der Waals surface area contributed by atoms with Crippen molar-refractivity contribution in [3.8, 4) is 39.7 Å². The van der Waals surface area contributed by atoms with Crippen LogP contribution >= 0.6 is 22.7 Å². The van der Waals surface area contributed by atoms with Gasteiger partial charge in [-0.3, -0.25) is 0 Å². The lowest BCUT2D eigenvalue weighted by Gasteiger charge is -2.25. The van der Waals surface area contributed by atoms with Crippen LogP contribution in [-0.4, -0.2) is 9.13 Å². The lowest BCUT2D eigenvalue weighted by molar-refractivity contribution is 0.671. The Hall–Kier alpha value is -8.98. The molecule has 324 valence electrons. The summed E-state index contributed by atoms with van der Waals surface area (Å²) in [6, 6.07) is 68.9. The average Bonchev–Trinajstić information content (AvgIpc) is 4.23. The molecule has 15 aromatic rings. The van der Waals surface area contributed by atoms with Crippen LogP contribution in [0.1, 0.15) is 11.1 Å². The van der Waals surface area contributed by atoms with Gasteiger partial charge >= 0.3 is 0 Å². The van der Waals surface area contributed by atoms with Crippen LogP contribution in [0.3, 0.4) is 0 Å². The second kappa shape index (κ2) is 14.5. The lowest BCUT2D eigenvalue weighted by atomic mass is 9.88. The Bertz CT molecular complexity index is 4650. The monoisotopic (exact) mass is 926 g/mol. The van der Waals surface area contributed by atoms with E-state index < -0.39 is 0 Å².